The van der Waals surface area contributed by atoms with Crippen molar-refractivity contribution >= 4 is 5.57 Å². The van der Waals surface area contributed by atoms with Crippen LogP contribution in [0.5, 0.6) is 0 Å². The second kappa shape index (κ2) is 6.44. The maximum Gasteiger partial charge on any atom is 0.0309 e. The van der Waals surface area contributed by atoms with Crippen molar-refractivity contribution in [2.45, 2.75) is 38.5 Å². The Balaban J connectivity index is 1.79. The van der Waals surface area contributed by atoms with Gasteiger partial charge in [-0.1, -0.05) is 71.8 Å². The standard InChI is InChI=1S/C23H22/c1-3-9-19(10-4-1)23(20-11-5-2-6-12-20)17-18-15-21-13-7-8-14-22(21)16-18/h1-6,9-12H,7-8,13-16H2. The molecule has 0 N–H and O–H groups in total. The molecule has 0 spiro atoms. The van der Waals surface area contributed by atoms with E-state index in [1.54, 1.807) is 11.1 Å². The largest absolute Gasteiger partial charge is 0.112 e. The minimum absolute atomic E-state index is 1.15. The molecule has 4 rings (SSSR count). The molecule has 0 radical (unpaired) electrons. The Bertz CT molecular complexity index is 723. The normalized spacial score (nSPS) is 17.0. The Morgan fingerprint density at radius 3 is 1.61 bits per heavy atom. The quantitative estimate of drug-likeness (QED) is 0.450. The molecule has 0 fully saturated rings. The summed E-state index contributed by atoms with van der Waals surface area (Å²) in [6, 6.07) is 21.4. The van der Waals surface area contributed by atoms with Gasteiger partial charge in [-0.2, -0.15) is 0 Å². The summed E-state index contributed by atoms with van der Waals surface area (Å²) in [5.74, 6) is 0. The van der Waals surface area contributed by atoms with E-state index in [-0.39, 0.29) is 0 Å². The van der Waals surface area contributed by atoms with Gasteiger partial charge in [0.1, 0.15) is 0 Å². The lowest BCUT2D eigenvalue weighted by Crippen LogP contribution is -1.92. The van der Waals surface area contributed by atoms with Gasteiger partial charge in [0.05, 0.1) is 0 Å². The molecule has 0 saturated heterocycles. The number of allylic oxidation sites excluding steroid dienone is 3. The predicted octanol–water partition coefficient (Wildman–Crippen LogP) is 6.31. The van der Waals surface area contributed by atoms with Crippen LogP contribution in [0, 0.1) is 0 Å². The van der Waals surface area contributed by atoms with Gasteiger partial charge in [-0.3, -0.25) is 0 Å². The van der Waals surface area contributed by atoms with Gasteiger partial charge in [0.25, 0.3) is 0 Å². The van der Waals surface area contributed by atoms with Gasteiger partial charge in [-0.05, 0) is 55.2 Å². The highest BCUT2D eigenvalue weighted by Crippen LogP contribution is 2.40. The lowest BCUT2D eigenvalue weighted by atomic mass is 9.94. The highest BCUT2D eigenvalue weighted by atomic mass is 14.3. The molecule has 0 atom stereocenters. The Hall–Kier alpha value is -2.30. The Morgan fingerprint density at radius 2 is 1.13 bits per heavy atom. The van der Waals surface area contributed by atoms with E-state index >= 15 is 0 Å². The van der Waals surface area contributed by atoms with Crippen LogP contribution < -0.4 is 0 Å². The zero-order valence-electron chi connectivity index (χ0n) is 13.5. The zero-order chi connectivity index (χ0) is 15.5. The summed E-state index contributed by atoms with van der Waals surface area (Å²) in [7, 11) is 0. The maximum absolute atomic E-state index is 3.80. The van der Waals surface area contributed by atoms with E-state index in [0.717, 1.165) is 12.8 Å². The van der Waals surface area contributed by atoms with Crippen molar-refractivity contribution in [3.05, 3.63) is 94.2 Å². The van der Waals surface area contributed by atoms with Crippen LogP contribution in [0.3, 0.4) is 0 Å². The zero-order valence-corrected chi connectivity index (χ0v) is 13.5. The molecule has 23 heavy (non-hydrogen) atoms. The van der Waals surface area contributed by atoms with Crippen LogP contribution in [0.2, 0.25) is 0 Å². The molecule has 0 saturated carbocycles. The van der Waals surface area contributed by atoms with Gasteiger partial charge in [0.2, 0.25) is 0 Å². The van der Waals surface area contributed by atoms with Crippen LogP contribution in [0.25, 0.3) is 5.57 Å². The number of benzene rings is 2. The molecule has 0 aromatic heterocycles. The molecule has 0 unspecified atom stereocenters. The van der Waals surface area contributed by atoms with Crippen molar-refractivity contribution in [3.8, 4) is 0 Å². The molecule has 2 aromatic carbocycles. The fourth-order valence-electron chi connectivity index (χ4n) is 3.82. The minimum Gasteiger partial charge on any atom is -0.112 e. The monoisotopic (exact) mass is 298 g/mol. The fourth-order valence-corrected chi connectivity index (χ4v) is 3.82. The van der Waals surface area contributed by atoms with E-state index in [9.17, 15) is 0 Å². The third-order valence-corrected chi connectivity index (χ3v) is 4.99. The summed E-state index contributed by atoms with van der Waals surface area (Å²) in [5.41, 5.74) is 12.4. The topological polar surface area (TPSA) is 0 Å². The molecule has 0 aliphatic heterocycles. The van der Waals surface area contributed by atoms with Crippen molar-refractivity contribution in [2.24, 2.45) is 0 Å². The molecule has 2 aromatic rings. The van der Waals surface area contributed by atoms with Crippen LogP contribution in [0.1, 0.15) is 49.7 Å². The predicted molar refractivity (Wildman–Crippen MR) is 97.1 cm³/mol. The molecule has 0 amide bonds. The smallest absolute Gasteiger partial charge is 0.0309 e. The summed E-state index contributed by atoms with van der Waals surface area (Å²) in [6.07, 6.45) is 7.68. The molecule has 0 heterocycles. The number of hydrogen-bond acceptors (Lipinski definition) is 0. The van der Waals surface area contributed by atoms with Crippen molar-refractivity contribution < 1.29 is 0 Å². The van der Waals surface area contributed by atoms with Gasteiger partial charge < -0.3 is 0 Å². The third kappa shape index (κ3) is 3.09. The highest BCUT2D eigenvalue weighted by Gasteiger charge is 2.21. The molecule has 0 bridgehead atoms. The summed E-state index contributed by atoms with van der Waals surface area (Å²) in [5, 5.41) is 0. The van der Waals surface area contributed by atoms with Crippen LogP contribution in [-0.2, 0) is 0 Å². The van der Waals surface area contributed by atoms with Gasteiger partial charge >= 0.3 is 0 Å². The first kappa shape index (κ1) is 14.3. The van der Waals surface area contributed by atoms with Crippen LogP contribution in [-0.4, -0.2) is 0 Å². The van der Waals surface area contributed by atoms with Crippen molar-refractivity contribution in [2.75, 3.05) is 0 Å². The van der Waals surface area contributed by atoms with Crippen molar-refractivity contribution in [3.63, 3.8) is 0 Å². The molecular formula is C23H22. The Kier molecular flexibility index (Phi) is 4.01. The van der Waals surface area contributed by atoms with Gasteiger partial charge in [-0.15, -0.1) is 5.73 Å². The van der Waals surface area contributed by atoms with Gasteiger partial charge in [0.15, 0.2) is 0 Å². The fraction of sp³-hybridized carbons (Fsp3) is 0.261. The molecule has 0 heteroatoms. The molecule has 2 aliphatic rings. The lowest BCUT2D eigenvalue weighted by molar-refractivity contribution is 0.672. The Labute approximate surface area is 138 Å². The first-order chi connectivity index (χ1) is 11.4. The maximum atomic E-state index is 3.80. The first-order valence-corrected chi connectivity index (χ1v) is 8.69. The molecule has 0 nitrogen and oxygen atoms in total. The first-order valence-electron chi connectivity index (χ1n) is 8.69. The minimum atomic E-state index is 1.15. The number of hydrogen-bond donors (Lipinski definition) is 0. The molecular weight excluding hydrogens is 276 g/mol. The second-order valence-electron chi connectivity index (χ2n) is 6.60. The van der Waals surface area contributed by atoms with E-state index in [1.807, 2.05) is 0 Å². The Morgan fingerprint density at radius 1 is 0.652 bits per heavy atom. The summed E-state index contributed by atoms with van der Waals surface area (Å²) < 4.78 is 0. The van der Waals surface area contributed by atoms with E-state index < -0.39 is 0 Å². The summed E-state index contributed by atoms with van der Waals surface area (Å²) in [6.45, 7) is 0. The number of rotatable bonds is 2. The van der Waals surface area contributed by atoms with Crippen molar-refractivity contribution in [1.29, 1.82) is 0 Å². The SMILES string of the molecule is C(=C1CC2=C(CCCC2)C1)=C(c1ccccc1)c1ccccc1. The average molecular weight is 298 g/mol. The van der Waals surface area contributed by atoms with Crippen LogP contribution >= 0.6 is 0 Å². The van der Waals surface area contributed by atoms with Gasteiger partial charge in [0, 0.05) is 5.57 Å². The highest BCUT2D eigenvalue weighted by molar-refractivity contribution is 5.79. The third-order valence-electron chi connectivity index (χ3n) is 4.99. The molecule has 114 valence electrons. The lowest BCUT2D eigenvalue weighted by Gasteiger charge is -2.12. The van der Waals surface area contributed by atoms with E-state index in [1.165, 1.54) is 48.0 Å². The summed E-state index contributed by atoms with van der Waals surface area (Å²) in [4.78, 5) is 0. The van der Waals surface area contributed by atoms with E-state index in [2.05, 4.69) is 66.4 Å². The van der Waals surface area contributed by atoms with Crippen LogP contribution in [0.4, 0.5) is 0 Å². The van der Waals surface area contributed by atoms with Crippen molar-refractivity contribution in [1.82, 2.24) is 0 Å². The second-order valence-corrected chi connectivity index (χ2v) is 6.60. The van der Waals surface area contributed by atoms with Crippen LogP contribution in [0.15, 0.2) is 83.1 Å². The van der Waals surface area contributed by atoms with E-state index in [0.29, 0.717) is 0 Å². The van der Waals surface area contributed by atoms with E-state index in [4.69, 9.17) is 0 Å². The average Bonchev–Trinajstić information content (AvgIpc) is 3.04. The van der Waals surface area contributed by atoms with Gasteiger partial charge in [-0.25, -0.2) is 0 Å². The summed E-state index contributed by atoms with van der Waals surface area (Å²) >= 11 is 0. The molecule has 2 aliphatic carbocycles.